The molecular formula is C12H12F3NO5. The van der Waals surface area contributed by atoms with Crippen LogP contribution in [0.2, 0.25) is 0 Å². The van der Waals surface area contributed by atoms with E-state index in [1.807, 2.05) is 0 Å². The number of carboxylic acids is 1. The van der Waals surface area contributed by atoms with Crippen molar-refractivity contribution in [3.63, 3.8) is 0 Å². The molecule has 1 amide bonds. The first kappa shape index (κ1) is 16.8. The van der Waals surface area contributed by atoms with Crippen molar-refractivity contribution in [2.75, 3.05) is 6.61 Å². The fourth-order valence-electron chi connectivity index (χ4n) is 1.44. The Morgan fingerprint density at radius 1 is 1.24 bits per heavy atom. The number of ether oxygens (including phenoxy) is 1. The molecule has 0 aromatic heterocycles. The number of aliphatic hydroxyl groups excluding tert-OH is 1. The monoisotopic (exact) mass is 307 g/mol. The number of carboxylic acid groups (broad SMARTS) is 1. The number of benzene rings is 1. The number of nitrogens with one attached hydrogen (secondary N) is 1. The van der Waals surface area contributed by atoms with Crippen LogP contribution in [0.4, 0.5) is 13.2 Å². The maximum absolute atomic E-state index is 12.0. The Morgan fingerprint density at radius 2 is 1.81 bits per heavy atom. The Morgan fingerprint density at radius 3 is 2.24 bits per heavy atom. The average molecular weight is 307 g/mol. The van der Waals surface area contributed by atoms with Gasteiger partial charge in [0.25, 0.3) is 5.91 Å². The summed E-state index contributed by atoms with van der Waals surface area (Å²) in [6.07, 6.45) is -5.02. The lowest BCUT2D eigenvalue weighted by Gasteiger charge is -2.13. The highest BCUT2D eigenvalue weighted by molar-refractivity contribution is 5.96. The summed E-state index contributed by atoms with van der Waals surface area (Å²) in [4.78, 5) is 22.5. The summed E-state index contributed by atoms with van der Waals surface area (Å²) in [6, 6.07) is 2.71. The highest BCUT2D eigenvalue weighted by Gasteiger charge is 2.31. The molecule has 9 heteroatoms. The Kier molecular flexibility index (Phi) is 5.53. The number of carbonyl (C=O) groups is 2. The van der Waals surface area contributed by atoms with Crippen molar-refractivity contribution in [3.8, 4) is 5.75 Å². The number of carbonyl (C=O) groups excluding carboxylic acids is 1. The molecule has 0 fully saturated rings. The summed E-state index contributed by atoms with van der Waals surface area (Å²) in [7, 11) is 0. The summed E-state index contributed by atoms with van der Waals surface area (Å²) >= 11 is 0. The van der Waals surface area contributed by atoms with Crippen LogP contribution < -0.4 is 10.1 Å². The number of hydrogen-bond acceptors (Lipinski definition) is 4. The van der Waals surface area contributed by atoms with Crippen molar-refractivity contribution in [2.45, 2.75) is 18.8 Å². The zero-order valence-corrected chi connectivity index (χ0v) is 10.6. The number of amides is 1. The van der Waals surface area contributed by atoms with E-state index in [2.05, 4.69) is 10.1 Å². The zero-order valence-electron chi connectivity index (χ0n) is 10.6. The number of hydrogen-bond donors (Lipinski definition) is 3. The number of halogens is 3. The minimum Gasteiger partial charge on any atom is -0.480 e. The van der Waals surface area contributed by atoms with Gasteiger partial charge in [0.2, 0.25) is 0 Å². The topological polar surface area (TPSA) is 95.9 Å². The molecule has 1 rings (SSSR count). The van der Waals surface area contributed by atoms with Gasteiger partial charge in [-0.1, -0.05) is 0 Å². The van der Waals surface area contributed by atoms with Crippen LogP contribution in [0.25, 0.3) is 0 Å². The van der Waals surface area contributed by atoms with E-state index in [1.165, 1.54) is 0 Å². The van der Waals surface area contributed by atoms with Crippen LogP contribution >= 0.6 is 0 Å². The van der Waals surface area contributed by atoms with Crippen molar-refractivity contribution in [1.29, 1.82) is 0 Å². The molecule has 116 valence electrons. The third kappa shape index (κ3) is 5.69. The second-order valence-electron chi connectivity index (χ2n) is 3.95. The molecule has 0 heterocycles. The van der Waals surface area contributed by atoms with E-state index in [0.29, 0.717) is 0 Å². The fourth-order valence-corrected chi connectivity index (χ4v) is 1.44. The summed E-state index contributed by atoms with van der Waals surface area (Å²) in [5.41, 5.74) is -0.0336. The maximum Gasteiger partial charge on any atom is 0.573 e. The van der Waals surface area contributed by atoms with Crippen LogP contribution in [-0.4, -0.2) is 41.1 Å². The largest absolute Gasteiger partial charge is 0.573 e. The molecule has 0 aliphatic carbocycles. The first-order valence-electron chi connectivity index (χ1n) is 5.73. The van der Waals surface area contributed by atoms with E-state index in [-0.39, 0.29) is 12.0 Å². The van der Waals surface area contributed by atoms with Gasteiger partial charge < -0.3 is 20.3 Å². The third-order valence-electron chi connectivity index (χ3n) is 2.37. The van der Waals surface area contributed by atoms with Gasteiger partial charge in [-0.25, -0.2) is 4.79 Å². The predicted molar refractivity (Wildman–Crippen MR) is 63.7 cm³/mol. The van der Waals surface area contributed by atoms with Crippen molar-refractivity contribution < 1.29 is 37.7 Å². The molecule has 0 radical (unpaired) electrons. The molecule has 6 nitrogen and oxygen atoms in total. The van der Waals surface area contributed by atoms with E-state index < -0.39 is 36.6 Å². The summed E-state index contributed by atoms with van der Waals surface area (Å²) in [6.45, 7) is -0.435. The van der Waals surface area contributed by atoms with Gasteiger partial charge in [-0.05, 0) is 24.3 Å². The first-order valence-corrected chi connectivity index (χ1v) is 5.73. The lowest BCUT2D eigenvalue weighted by atomic mass is 10.1. The lowest BCUT2D eigenvalue weighted by molar-refractivity contribution is -0.274. The zero-order chi connectivity index (χ0) is 16.0. The van der Waals surface area contributed by atoms with E-state index in [4.69, 9.17) is 10.2 Å². The molecule has 21 heavy (non-hydrogen) atoms. The summed E-state index contributed by atoms with van der Waals surface area (Å²) in [5.74, 6) is -2.60. The Bertz CT molecular complexity index is 501. The van der Waals surface area contributed by atoms with Crippen molar-refractivity contribution in [2.24, 2.45) is 0 Å². The van der Waals surface area contributed by atoms with Crippen molar-refractivity contribution >= 4 is 11.9 Å². The fraction of sp³-hybridized carbons (Fsp3) is 0.333. The standard InChI is InChI=1S/C12H12F3NO5/c13-12(14,15)21-8-3-1-7(2-4-8)10(18)16-9(5-6-17)11(19)20/h1-4,9,17H,5-6H2,(H,16,18)(H,19,20)/t9-/m1/s1. The maximum atomic E-state index is 12.0. The van der Waals surface area contributed by atoms with E-state index in [9.17, 15) is 22.8 Å². The summed E-state index contributed by atoms with van der Waals surface area (Å²) < 4.78 is 39.5. The highest BCUT2D eigenvalue weighted by atomic mass is 19.4. The number of aliphatic hydroxyl groups is 1. The molecule has 0 spiro atoms. The van der Waals surface area contributed by atoms with E-state index in [1.54, 1.807) is 0 Å². The minimum atomic E-state index is -4.83. The molecule has 1 aromatic carbocycles. The van der Waals surface area contributed by atoms with E-state index in [0.717, 1.165) is 24.3 Å². The van der Waals surface area contributed by atoms with Gasteiger partial charge in [-0.2, -0.15) is 0 Å². The SMILES string of the molecule is O=C(N[C@H](CCO)C(=O)O)c1ccc(OC(F)(F)F)cc1. The molecule has 0 saturated heterocycles. The molecule has 1 aromatic rings. The van der Waals surface area contributed by atoms with Crippen molar-refractivity contribution in [3.05, 3.63) is 29.8 Å². The second kappa shape index (κ2) is 6.93. The Labute approximate surface area is 117 Å². The first-order chi connectivity index (χ1) is 9.73. The predicted octanol–water partition coefficient (Wildman–Crippen LogP) is 1.15. The van der Waals surface area contributed by atoms with Crippen LogP contribution in [0.5, 0.6) is 5.75 Å². The van der Waals surface area contributed by atoms with Gasteiger partial charge in [-0.15, -0.1) is 13.2 Å². The van der Waals surface area contributed by atoms with Gasteiger partial charge in [-0.3, -0.25) is 4.79 Å². The van der Waals surface area contributed by atoms with Crippen LogP contribution in [0.15, 0.2) is 24.3 Å². The van der Waals surface area contributed by atoms with Gasteiger partial charge in [0.05, 0.1) is 0 Å². The van der Waals surface area contributed by atoms with Gasteiger partial charge in [0.15, 0.2) is 0 Å². The van der Waals surface area contributed by atoms with Crippen LogP contribution in [-0.2, 0) is 4.79 Å². The molecule has 0 unspecified atom stereocenters. The molecule has 3 N–H and O–H groups in total. The third-order valence-corrected chi connectivity index (χ3v) is 2.37. The number of aliphatic carboxylic acids is 1. The van der Waals surface area contributed by atoms with E-state index >= 15 is 0 Å². The highest BCUT2D eigenvalue weighted by Crippen LogP contribution is 2.22. The van der Waals surface area contributed by atoms with Gasteiger partial charge in [0, 0.05) is 18.6 Å². The quantitative estimate of drug-likeness (QED) is 0.732. The smallest absolute Gasteiger partial charge is 0.480 e. The van der Waals surface area contributed by atoms with Crippen LogP contribution in [0, 0.1) is 0 Å². The second-order valence-corrected chi connectivity index (χ2v) is 3.95. The minimum absolute atomic E-state index is 0.0336. The Balaban J connectivity index is 2.72. The molecule has 1 atom stereocenters. The van der Waals surface area contributed by atoms with Gasteiger partial charge >= 0.3 is 12.3 Å². The number of alkyl halides is 3. The molecule has 0 bridgehead atoms. The van der Waals surface area contributed by atoms with Gasteiger partial charge in [0.1, 0.15) is 11.8 Å². The average Bonchev–Trinajstić information content (AvgIpc) is 2.36. The normalized spacial score (nSPS) is 12.6. The molecule has 0 aliphatic rings. The summed E-state index contributed by atoms with van der Waals surface area (Å²) in [5, 5.41) is 19.6. The lowest BCUT2D eigenvalue weighted by Crippen LogP contribution is -2.41. The van der Waals surface area contributed by atoms with Crippen LogP contribution in [0.1, 0.15) is 16.8 Å². The van der Waals surface area contributed by atoms with Crippen LogP contribution in [0.3, 0.4) is 0 Å². The molecule has 0 aliphatic heterocycles. The molecular weight excluding hydrogens is 295 g/mol. The number of rotatable bonds is 6. The molecule has 0 saturated carbocycles. The Hall–Kier alpha value is -2.29. The van der Waals surface area contributed by atoms with Crippen molar-refractivity contribution in [1.82, 2.24) is 5.32 Å².